The topological polar surface area (TPSA) is 50.3 Å². The Balaban J connectivity index is 2.22. The summed E-state index contributed by atoms with van der Waals surface area (Å²) in [6, 6.07) is 0. The quantitative estimate of drug-likeness (QED) is 0.849. The molecule has 0 spiro atoms. The van der Waals surface area contributed by atoms with Crippen molar-refractivity contribution < 1.29 is 0 Å². The van der Waals surface area contributed by atoms with Gasteiger partial charge in [-0.15, -0.1) is 0 Å². The fourth-order valence-corrected chi connectivity index (χ4v) is 3.45. The largest absolute Gasteiger partial charge is 0.358 e. The minimum absolute atomic E-state index is 0.326. The van der Waals surface area contributed by atoms with Crippen molar-refractivity contribution in [1.82, 2.24) is 14.7 Å². The monoisotopic (exact) mass is 279 g/mol. The van der Waals surface area contributed by atoms with E-state index < -0.39 is 0 Å². The fourth-order valence-electron chi connectivity index (χ4n) is 3.45. The molecule has 1 aromatic rings. The zero-order valence-corrected chi connectivity index (χ0v) is 13.6. The highest BCUT2D eigenvalue weighted by Crippen LogP contribution is 2.38. The van der Waals surface area contributed by atoms with Crippen LogP contribution < -0.4 is 10.6 Å². The standard InChI is InChI=1S/C15H29N5/c1-12-13(7-10-16)14(20(5)17-12)19(4)11-15(18(2)3)8-6-9-15/h6-11,16H2,1-5H3. The maximum absolute atomic E-state index is 5.76. The molecule has 5 heteroatoms. The summed E-state index contributed by atoms with van der Waals surface area (Å²) in [4.78, 5) is 4.75. The van der Waals surface area contributed by atoms with Gasteiger partial charge in [-0.05, 0) is 53.2 Å². The van der Waals surface area contributed by atoms with E-state index in [2.05, 4.69) is 43.0 Å². The Bertz CT molecular complexity index is 459. The van der Waals surface area contributed by atoms with E-state index in [-0.39, 0.29) is 0 Å². The molecule has 0 bridgehead atoms. The minimum atomic E-state index is 0.326. The van der Waals surface area contributed by atoms with Gasteiger partial charge in [0.05, 0.1) is 5.69 Å². The first-order valence-corrected chi connectivity index (χ1v) is 7.52. The molecule has 2 rings (SSSR count). The van der Waals surface area contributed by atoms with Crippen molar-refractivity contribution in [3.63, 3.8) is 0 Å². The average Bonchev–Trinajstić information content (AvgIpc) is 2.59. The van der Waals surface area contributed by atoms with Crippen molar-refractivity contribution in [1.29, 1.82) is 0 Å². The van der Waals surface area contributed by atoms with Gasteiger partial charge in [-0.2, -0.15) is 5.10 Å². The van der Waals surface area contributed by atoms with Gasteiger partial charge in [-0.1, -0.05) is 0 Å². The van der Waals surface area contributed by atoms with Crippen LogP contribution in [-0.4, -0.2) is 54.5 Å². The van der Waals surface area contributed by atoms with Crippen LogP contribution in [0.25, 0.3) is 0 Å². The second-order valence-corrected chi connectivity index (χ2v) is 6.38. The van der Waals surface area contributed by atoms with Crippen molar-refractivity contribution >= 4 is 5.82 Å². The summed E-state index contributed by atoms with van der Waals surface area (Å²) in [5.41, 5.74) is 8.48. The van der Waals surface area contributed by atoms with Gasteiger partial charge in [-0.3, -0.25) is 4.68 Å². The van der Waals surface area contributed by atoms with E-state index in [9.17, 15) is 0 Å². The molecule has 1 fully saturated rings. The molecule has 1 saturated carbocycles. The summed E-state index contributed by atoms with van der Waals surface area (Å²) in [5.74, 6) is 1.22. The first-order valence-electron chi connectivity index (χ1n) is 7.52. The van der Waals surface area contributed by atoms with Gasteiger partial charge in [0.25, 0.3) is 0 Å². The molecule has 0 aliphatic heterocycles. The Morgan fingerprint density at radius 1 is 1.30 bits per heavy atom. The third kappa shape index (κ3) is 2.56. The molecule has 0 unspecified atom stereocenters. The van der Waals surface area contributed by atoms with Crippen LogP contribution in [0.4, 0.5) is 5.82 Å². The molecule has 1 aliphatic carbocycles. The molecule has 2 N–H and O–H groups in total. The molecule has 0 amide bonds. The summed E-state index contributed by atoms with van der Waals surface area (Å²) in [7, 11) is 8.60. The number of hydrogen-bond acceptors (Lipinski definition) is 4. The minimum Gasteiger partial charge on any atom is -0.358 e. The molecule has 0 radical (unpaired) electrons. The molecule has 0 atom stereocenters. The Hall–Kier alpha value is -1.07. The highest BCUT2D eigenvalue weighted by Gasteiger charge is 2.40. The second kappa shape index (κ2) is 5.74. The van der Waals surface area contributed by atoms with Crippen LogP contribution in [0.15, 0.2) is 0 Å². The normalized spacial score (nSPS) is 17.4. The molecule has 1 heterocycles. The van der Waals surface area contributed by atoms with Gasteiger partial charge in [0.1, 0.15) is 5.82 Å². The highest BCUT2D eigenvalue weighted by atomic mass is 15.4. The van der Waals surface area contributed by atoms with E-state index in [0.717, 1.165) is 18.7 Å². The van der Waals surface area contributed by atoms with Crippen LogP contribution >= 0.6 is 0 Å². The van der Waals surface area contributed by atoms with E-state index in [4.69, 9.17) is 5.73 Å². The molecule has 114 valence electrons. The Morgan fingerprint density at radius 2 is 1.95 bits per heavy atom. The van der Waals surface area contributed by atoms with Gasteiger partial charge in [0.15, 0.2) is 0 Å². The van der Waals surface area contributed by atoms with E-state index in [1.54, 1.807) is 0 Å². The van der Waals surface area contributed by atoms with Crippen LogP contribution in [0.2, 0.25) is 0 Å². The predicted molar refractivity (Wildman–Crippen MR) is 84.2 cm³/mol. The third-order valence-corrected chi connectivity index (χ3v) is 4.83. The molecule has 0 saturated heterocycles. The summed E-state index contributed by atoms with van der Waals surface area (Å²) < 4.78 is 2.00. The van der Waals surface area contributed by atoms with Crippen LogP contribution in [0, 0.1) is 6.92 Å². The van der Waals surface area contributed by atoms with Crippen molar-refractivity contribution in [3.8, 4) is 0 Å². The maximum Gasteiger partial charge on any atom is 0.129 e. The Morgan fingerprint density at radius 3 is 2.40 bits per heavy atom. The van der Waals surface area contributed by atoms with Crippen LogP contribution in [0.1, 0.15) is 30.5 Å². The zero-order chi connectivity index (χ0) is 14.9. The molecule has 1 aliphatic rings. The number of aromatic nitrogens is 2. The lowest BCUT2D eigenvalue weighted by atomic mass is 9.75. The molecular formula is C15H29N5. The fraction of sp³-hybridized carbons (Fsp3) is 0.800. The number of nitrogens with zero attached hydrogens (tertiary/aromatic N) is 4. The van der Waals surface area contributed by atoms with Crippen molar-refractivity contribution in [2.24, 2.45) is 12.8 Å². The summed E-state index contributed by atoms with van der Waals surface area (Å²) >= 11 is 0. The number of nitrogens with two attached hydrogens (primary N) is 1. The summed E-state index contributed by atoms with van der Waals surface area (Å²) in [6.45, 7) is 3.80. The lowest BCUT2D eigenvalue weighted by molar-refractivity contribution is 0.0680. The summed E-state index contributed by atoms with van der Waals surface area (Å²) in [6.07, 6.45) is 4.81. The van der Waals surface area contributed by atoms with Crippen LogP contribution in [0.5, 0.6) is 0 Å². The molecular weight excluding hydrogens is 250 g/mol. The Labute approximate surface area is 122 Å². The van der Waals surface area contributed by atoms with E-state index >= 15 is 0 Å². The molecule has 0 aromatic carbocycles. The average molecular weight is 279 g/mol. The molecule has 1 aromatic heterocycles. The number of rotatable bonds is 6. The van der Waals surface area contributed by atoms with Gasteiger partial charge in [0, 0.05) is 31.7 Å². The number of likely N-dealkylation sites (N-methyl/N-ethyl adjacent to an activating group) is 2. The van der Waals surface area contributed by atoms with Gasteiger partial charge in [-0.25, -0.2) is 0 Å². The lowest BCUT2D eigenvalue weighted by Gasteiger charge is -2.49. The highest BCUT2D eigenvalue weighted by molar-refractivity contribution is 5.50. The smallest absolute Gasteiger partial charge is 0.129 e. The van der Waals surface area contributed by atoms with E-state index in [1.807, 2.05) is 11.7 Å². The lowest BCUT2D eigenvalue weighted by Crippen LogP contribution is -2.57. The van der Waals surface area contributed by atoms with Gasteiger partial charge in [0.2, 0.25) is 0 Å². The third-order valence-electron chi connectivity index (χ3n) is 4.83. The summed E-state index contributed by atoms with van der Waals surface area (Å²) in [5, 5.41) is 4.58. The van der Waals surface area contributed by atoms with Crippen molar-refractivity contribution in [3.05, 3.63) is 11.3 Å². The first-order chi connectivity index (χ1) is 9.41. The van der Waals surface area contributed by atoms with E-state index in [1.165, 1.54) is 30.6 Å². The SMILES string of the molecule is Cc1nn(C)c(N(C)CC2(N(C)C)CCC2)c1CCN. The maximum atomic E-state index is 5.76. The number of aryl methyl sites for hydroxylation is 2. The van der Waals surface area contributed by atoms with Crippen LogP contribution in [-0.2, 0) is 13.5 Å². The molecule has 20 heavy (non-hydrogen) atoms. The van der Waals surface area contributed by atoms with E-state index in [0.29, 0.717) is 12.1 Å². The van der Waals surface area contributed by atoms with Crippen molar-refractivity contribution in [2.75, 3.05) is 39.1 Å². The number of anilines is 1. The van der Waals surface area contributed by atoms with Crippen LogP contribution in [0.3, 0.4) is 0 Å². The van der Waals surface area contributed by atoms with Gasteiger partial charge >= 0.3 is 0 Å². The predicted octanol–water partition coefficient (Wildman–Crippen LogP) is 1.15. The number of hydrogen-bond donors (Lipinski definition) is 1. The van der Waals surface area contributed by atoms with Gasteiger partial charge < -0.3 is 15.5 Å². The Kier molecular flexibility index (Phi) is 4.39. The first kappa shape index (κ1) is 15.3. The second-order valence-electron chi connectivity index (χ2n) is 6.38. The molecule has 5 nitrogen and oxygen atoms in total. The zero-order valence-electron chi connectivity index (χ0n) is 13.6. The van der Waals surface area contributed by atoms with Crippen molar-refractivity contribution in [2.45, 2.75) is 38.1 Å².